The highest BCUT2D eigenvalue weighted by Gasteiger charge is 2.24. The van der Waals surface area contributed by atoms with E-state index < -0.39 is 17.2 Å². The molecule has 2 heterocycles. The number of thiophene rings is 1. The first kappa shape index (κ1) is 15.0. The Morgan fingerprint density at radius 2 is 2.05 bits per heavy atom. The fourth-order valence-corrected chi connectivity index (χ4v) is 3.89. The van der Waals surface area contributed by atoms with Crippen LogP contribution in [0, 0.1) is 0 Å². The van der Waals surface area contributed by atoms with E-state index in [0.29, 0.717) is 21.6 Å². The molecule has 0 bridgehead atoms. The number of alkyl halides is 1. The molecule has 0 saturated heterocycles. The van der Waals surface area contributed by atoms with Gasteiger partial charge in [0.25, 0.3) is 5.56 Å². The monoisotopic (exact) mass is 360 g/mol. The molecule has 0 aliphatic rings. The molecule has 2 rings (SSSR count). The van der Waals surface area contributed by atoms with Crippen molar-refractivity contribution in [3.05, 3.63) is 31.3 Å². The van der Waals surface area contributed by atoms with Gasteiger partial charge in [0.15, 0.2) is 0 Å². The molecule has 0 atom stereocenters. The molecule has 6 nitrogen and oxygen atoms in total. The molecule has 0 fully saturated rings. The lowest BCUT2D eigenvalue weighted by molar-refractivity contribution is 0.0698. The van der Waals surface area contributed by atoms with Gasteiger partial charge in [0.1, 0.15) is 4.83 Å². The molecule has 108 valence electrons. The number of hydrogen-bond donors (Lipinski definition) is 1. The maximum absolute atomic E-state index is 12.2. The Bertz CT molecular complexity index is 802. The first-order chi connectivity index (χ1) is 9.43. The summed E-state index contributed by atoms with van der Waals surface area (Å²) in [6.45, 7) is 2.37. The average Bonchev–Trinajstić information content (AvgIpc) is 2.80. The summed E-state index contributed by atoms with van der Waals surface area (Å²) in [4.78, 5) is 36.8. The van der Waals surface area contributed by atoms with E-state index in [0.717, 1.165) is 11.0 Å². The lowest BCUT2D eigenvalue weighted by Crippen LogP contribution is -2.38. The SMILES string of the molecule is CCCn1c(=O)n(C)c(=O)c2c(C(=O)O)c(CBr)sc21. The smallest absolute Gasteiger partial charge is 0.337 e. The van der Waals surface area contributed by atoms with E-state index in [1.165, 1.54) is 23.0 Å². The third kappa shape index (κ3) is 2.12. The van der Waals surface area contributed by atoms with Crippen molar-refractivity contribution in [2.75, 3.05) is 0 Å². The number of carboxylic acid groups (broad SMARTS) is 1. The number of aryl methyl sites for hydroxylation is 1. The molecule has 0 spiro atoms. The van der Waals surface area contributed by atoms with Gasteiger partial charge in [-0.1, -0.05) is 22.9 Å². The van der Waals surface area contributed by atoms with Crippen LogP contribution in [0.1, 0.15) is 28.6 Å². The second-order valence-corrected chi connectivity index (χ2v) is 5.96. The molecule has 0 aliphatic heterocycles. The topological polar surface area (TPSA) is 81.3 Å². The van der Waals surface area contributed by atoms with Crippen LogP contribution in [-0.2, 0) is 18.9 Å². The Hall–Kier alpha value is -1.41. The second-order valence-electron chi connectivity index (χ2n) is 4.32. The van der Waals surface area contributed by atoms with Gasteiger partial charge in [-0.2, -0.15) is 0 Å². The van der Waals surface area contributed by atoms with E-state index in [4.69, 9.17) is 0 Å². The van der Waals surface area contributed by atoms with Crippen LogP contribution < -0.4 is 11.2 Å². The first-order valence-corrected chi connectivity index (χ1v) is 7.92. The van der Waals surface area contributed by atoms with E-state index >= 15 is 0 Å². The van der Waals surface area contributed by atoms with Crippen LogP contribution in [-0.4, -0.2) is 20.2 Å². The summed E-state index contributed by atoms with van der Waals surface area (Å²) in [5.74, 6) is -1.15. The van der Waals surface area contributed by atoms with Crippen LogP contribution in [0.25, 0.3) is 10.2 Å². The number of aromatic carboxylic acids is 1. The number of fused-ring (bicyclic) bond motifs is 1. The summed E-state index contributed by atoms with van der Waals surface area (Å²) >= 11 is 4.41. The van der Waals surface area contributed by atoms with Crippen LogP contribution in [0.3, 0.4) is 0 Å². The van der Waals surface area contributed by atoms with Gasteiger partial charge in [0, 0.05) is 23.8 Å². The zero-order valence-electron chi connectivity index (χ0n) is 11.0. The van der Waals surface area contributed by atoms with Crippen molar-refractivity contribution in [2.45, 2.75) is 25.2 Å². The predicted molar refractivity (Wildman–Crippen MR) is 81.2 cm³/mol. The highest BCUT2D eigenvalue weighted by atomic mass is 79.9. The Kier molecular flexibility index (Phi) is 4.14. The Morgan fingerprint density at radius 1 is 1.40 bits per heavy atom. The van der Waals surface area contributed by atoms with Crippen molar-refractivity contribution < 1.29 is 9.90 Å². The van der Waals surface area contributed by atoms with Crippen LogP contribution in [0.4, 0.5) is 0 Å². The lowest BCUT2D eigenvalue weighted by Gasteiger charge is -2.07. The van der Waals surface area contributed by atoms with Crippen molar-refractivity contribution in [2.24, 2.45) is 7.05 Å². The van der Waals surface area contributed by atoms with Crippen LogP contribution in [0.2, 0.25) is 0 Å². The van der Waals surface area contributed by atoms with E-state index in [-0.39, 0.29) is 10.9 Å². The summed E-state index contributed by atoms with van der Waals surface area (Å²) in [6.07, 6.45) is 0.719. The summed E-state index contributed by atoms with van der Waals surface area (Å²) in [5, 5.41) is 9.79. The Balaban J connectivity index is 3.07. The van der Waals surface area contributed by atoms with Crippen molar-refractivity contribution in [3.8, 4) is 0 Å². The average molecular weight is 361 g/mol. The van der Waals surface area contributed by atoms with Crippen LogP contribution in [0.15, 0.2) is 9.59 Å². The van der Waals surface area contributed by atoms with Crippen molar-refractivity contribution in [1.82, 2.24) is 9.13 Å². The van der Waals surface area contributed by atoms with Crippen molar-refractivity contribution in [1.29, 1.82) is 0 Å². The quantitative estimate of drug-likeness (QED) is 0.842. The zero-order valence-corrected chi connectivity index (χ0v) is 13.4. The van der Waals surface area contributed by atoms with Gasteiger partial charge in [-0.05, 0) is 6.42 Å². The van der Waals surface area contributed by atoms with Gasteiger partial charge in [0.05, 0.1) is 10.9 Å². The lowest BCUT2D eigenvalue weighted by atomic mass is 10.2. The van der Waals surface area contributed by atoms with E-state index in [1.807, 2.05) is 6.92 Å². The first-order valence-electron chi connectivity index (χ1n) is 5.98. The zero-order chi connectivity index (χ0) is 15.0. The van der Waals surface area contributed by atoms with Gasteiger partial charge in [-0.25, -0.2) is 9.59 Å². The molecule has 0 aromatic carbocycles. The molecule has 0 aliphatic carbocycles. The van der Waals surface area contributed by atoms with Gasteiger partial charge in [-0.3, -0.25) is 13.9 Å². The number of halogens is 1. The fraction of sp³-hybridized carbons (Fsp3) is 0.417. The van der Waals surface area contributed by atoms with Gasteiger partial charge >= 0.3 is 11.7 Å². The van der Waals surface area contributed by atoms with Gasteiger partial charge in [0.2, 0.25) is 0 Å². The van der Waals surface area contributed by atoms with Crippen LogP contribution in [0.5, 0.6) is 0 Å². The largest absolute Gasteiger partial charge is 0.478 e. The molecule has 20 heavy (non-hydrogen) atoms. The second kappa shape index (κ2) is 5.53. The standard InChI is InChI=1S/C12H13BrN2O4S/c1-3-4-15-10-8(9(16)14(2)12(15)19)7(11(17)18)6(5-13)20-10/h3-5H2,1-2H3,(H,17,18). The molecule has 2 aromatic heterocycles. The summed E-state index contributed by atoms with van der Waals surface area (Å²) in [7, 11) is 1.37. The number of hydrogen-bond acceptors (Lipinski definition) is 4. The van der Waals surface area contributed by atoms with E-state index in [9.17, 15) is 19.5 Å². The minimum atomic E-state index is -1.15. The normalized spacial score (nSPS) is 11.2. The summed E-state index contributed by atoms with van der Waals surface area (Å²) in [5.41, 5.74) is -0.978. The minimum absolute atomic E-state index is 0.00710. The number of carbonyl (C=O) groups is 1. The van der Waals surface area contributed by atoms with Crippen molar-refractivity contribution >= 4 is 43.5 Å². The van der Waals surface area contributed by atoms with Gasteiger partial charge in [-0.15, -0.1) is 11.3 Å². The van der Waals surface area contributed by atoms with E-state index in [1.54, 1.807) is 0 Å². The third-order valence-electron chi connectivity index (χ3n) is 3.03. The van der Waals surface area contributed by atoms with E-state index in [2.05, 4.69) is 15.9 Å². The fourth-order valence-electron chi connectivity index (χ4n) is 2.12. The van der Waals surface area contributed by atoms with Crippen molar-refractivity contribution in [3.63, 3.8) is 0 Å². The maximum Gasteiger partial charge on any atom is 0.337 e. The predicted octanol–water partition coefficient (Wildman–Crippen LogP) is 1.76. The van der Waals surface area contributed by atoms with Crippen LogP contribution >= 0.6 is 27.3 Å². The third-order valence-corrected chi connectivity index (χ3v) is 5.17. The molecule has 2 aromatic rings. The molecular weight excluding hydrogens is 348 g/mol. The Morgan fingerprint density at radius 3 is 2.55 bits per heavy atom. The minimum Gasteiger partial charge on any atom is -0.478 e. The number of rotatable bonds is 4. The highest BCUT2D eigenvalue weighted by Crippen LogP contribution is 2.30. The summed E-state index contributed by atoms with van der Waals surface area (Å²) < 4.78 is 2.44. The molecule has 1 N–H and O–H groups in total. The Labute approximate surface area is 126 Å². The molecule has 0 amide bonds. The molecule has 0 saturated carbocycles. The molecule has 8 heteroatoms. The molecular formula is C12H13BrN2O4S. The molecule has 0 radical (unpaired) electrons. The number of aromatic nitrogens is 2. The van der Waals surface area contributed by atoms with Gasteiger partial charge < -0.3 is 5.11 Å². The number of carboxylic acids is 1. The number of nitrogens with zero attached hydrogens (tertiary/aromatic N) is 2. The highest BCUT2D eigenvalue weighted by molar-refractivity contribution is 9.08. The maximum atomic E-state index is 12.2. The molecule has 0 unspecified atom stereocenters. The summed E-state index contributed by atoms with van der Waals surface area (Å²) in [6, 6.07) is 0.